The van der Waals surface area contributed by atoms with Gasteiger partial charge >= 0.3 is 0 Å². The molecular formula is C18H11ClO2. The molecule has 0 amide bonds. The van der Waals surface area contributed by atoms with Gasteiger partial charge in [-0.15, -0.1) is 0 Å². The molecule has 1 heterocycles. The minimum Gasteiger partial charge on any atom is -0.456 e. The standard InChI is InChI=1S/C18H11ClO2/c19-12-6-8-17-15(9-12)16(10-20)14-7-5-11-3-1-2-4-13(11)18(14)21-17/h1-10,16H. The van der Waals surface area contributed by atoms with Gasteiger partial charge in [0.15, 0.2) is 0 Å². The van der Waals surface area contributed by atoms with E-state index in [1.54, 1.807) is 12.1 Å². The van der Waals surface area contributed by atoms with Crippen LogP contribution >= 0.6 is 11.6 Å². The van der Waals surface area contributed by atoms with E-state index in [1.807, 2.05) is 42.5 Å². The SMILES string of the molecule is O=CC1c2cc(Cl)ccc2Oc2c1ccc1ccccc21. The fourth-order valence-electron chi connectivity index (χ4n) is 2.90. The lowest BCUT2D eigenvalue weighted by Crippen LogP contribution is -2.11. The largest absolute Gasteiger partial charge is 0.456 e. The maximum Gasteiger partial charge on any atom is 0.139 e. The van der Waals surface area contributed by atoms with Crippen LogP contribution in [-0.2, 0) is 4.79 Å². The normalized spacial score (nSPS) is 16.0. The highest BCUT2D eigenvalue weighted by Crippen LogP contribution is 2.46. The van der Waals surface area contributed by atoms with E-state index in [9.17, 15) is 4.79 Å². The van der Waals surface area contributed by atoms with Crippen LogP contribution in [0.2, 0.25) is 5.02 Å². The van der Waals surface area contributed by atoms with Crippen molar-refractivity contribution in [2.45, 2.75) is 5.92 Å². The van der Waals surface area contributed by atoms with E-state index in [-0.39, 0.29) is 5.92 Å². The van der Waals surface area contributed by atoms with E-state index in [4.69, 9.17) is 16.3 Å². The number of hydrogen-bond acceptors (Lipinski definition) is 2. The Morgan fingerprint density at radius 1 is 1.00 bits per heavy atom. The summed E-state index contributed by atoms with van der Waals surface area (Å²) in [6.07, 6.45) is 0.950. The molecule has 3 aromatic rings. The number of benzene rings is 3. The van der Waals surface area contributed by atoms with Gasteiger partial charge in [-0.25, -0.2) is 0 Å². The van der Waals surface area contributed by atoms with Gasteiger partial charge in [0.25, 0.3) is 0 Å². The Bertz CT molecular complexity index is 870. The molecule has 3 aromatic carbocycles. The molecule has 0 saturated heterocycles. The first-order valence-corrected chi connectivity index (χ1v) is 7.10. The van der Waals surface area contributed by atoms with Gasteiger partial charge in [-0.1, -0.05) is 48.0 Å². The zero-order chi connectivity index (χ0) is 14.4. The highest BCUT2D eigenvalue weighted by atomic mass is 35.5. The number of fused-ring (bicyclic) bond motifs is 4. The first-order chi connectivity index (χ1) is 10.3. The molecule has 0 fully saturated rings. The number of ether oxygens (including phenoxy) is 1. The number of aldehydes is 1. The summed E-state index contributed by atoms with van der Waals surface area (Å²) in [5.41, 5.74) is 1.71. The monoisotopic (exact) mass is 294 g/mol. The fourth-order valence-corrected chi connectivity index (χ4v) is 3.08. The fraction of sp³-hybridized carbons (Fsp3) is 0.0556. The van der Waals surface area contributed by atoms with Crippen molar-refractivity contribution in [3.63, 3.8) is 0 Å². The molecule has 2 nitrogen and oxygen atoms in total. The summed E-state index contributed by atoms with van der Waals surface area (Å²) in [4.78, 5) is 11.6. The average Bonchev–Trinajstić information content (AvgIpc) is 2.52. The van der Waals surface area contributed by atoms with Gasteiger partial charge in [0, 0.05) is 21.5 Å². The number of carbonyl (C=O) groups is 1. The molecule has 0 aliphatic carbocycles. The van der Waals surface area contributed by atoms with Crippen molar-refractivity contribution in [3.05, 3.63) is 70.7 Å². The molecule has 0 spiro atoms. The van der Waals surface area contributed by atoms with Crippen LogP contribution in [-0.4, -0.2) is 6.29 Å². The van der Waals surface area contributed by atoms with Crippen LogP contribution in [0.1, 0.15) is 17.0 Å². The molecule has 0 bridgehead atoms. The lowest BCUT2D eigenvalue weighted by Gasteiger charge is -2.26. The number of halogens is 1. The lowest BCUT2D eigenvalue weighted by molar-refractivity contribution is -0.108. The predicted molar refractivity (Wildman–Crippen MR) is 83.4 cm³/mol. The van der Waals surface area contributed by atoms with Crippen molar-refractivity contribution in [1.29, 1.82) is 0 Å². The van der Waals surface area contributed by atoms with Crippen molar-refractivity contribution in [3.8, 4) is 11.5 Å². The van der Waals surface area contributed by atoms with E-state index in [2.05, 4.69) is 0 Å². The van der Waals surface area contributed by atoms with Crippen LogP contribution in [0.15, 0.2) is 54.6 Å². The maximum atomic E-state index is 11.6. The molecule has 4 rings (SSSR count). The van der Waals surface area contributed by atoms with E-state index in [0.29, 0.717) is 10.8 Å². The Labute approximate surface area is 126 Å². The van der Waals surface area contributed by atoms with Crippen molar-refractivity contribution in [2.75, 3.05) is 0 Å². The van der Waals surface area contributed by atoms with Crippen LogP contribution in [0.4, 0.5) is 0 Å². The third-order valence-electron chi connectivity index (χ3n) is 3.90. The Kier molecular flexibility index (Phi) is 2.72. The Morgan fingerprint density at radius 2 is 1.86 bits per heavy atom. The second-order valence-corrected chi connectivity index (χ2v) is 5.54. The predicted octanol–water partition coefficient (Wildman–Crippen LogP) is 4.93. The van der Waals surface area contributed by atoms with Crippen LogP contribution in [0.25, 0.3) is 10.8 Å². The first kappa shape index (κ1) is 12.4. The summed E-state index contributed by atoms with van der Waals surface area (Å²) >= 11 is 6.05. The third kappa shape index (κ3) is 1.83. The van der Waals surface area contributed by atoms with E-state index < -0.39 is 0 Å². The molecule has 3 heteroatoms. The van der Waals surface area contributed by atoms with E-state index >= 15 is 0 Å². The van der Waals surface area contributed by atoms with Gasteiger partial charge in [0.1, 0.15) is 17.8 Å². The summed E-state index contributed by atoms with van der Waals surface area (Å²) in [6.45, 7) is 0. The molecule has 102 valence electrons. The van der Waals surface area contributed by atoms with Crippen LogP contribution in [0.3, 0.4) is 0 Å². The zero-order valence-corrected chi connectivity index (χ0v) is 11.8. The van der Waals surface area contributed by atoms with Gasteiger partial charge in [-0.2, -0.15) is 0 Å². The molecule has 21 heavy (non-hydrogen) atoms. The van der Waals surface area contributed by atoms with Crippen LogP contribution in [0.5, 0.6) is 11.5 Å². The van der Waals surface area contributed by atoms with E-state index in [0.717, 1.165) is 33.9 Å². The molecule has 0 aromatic heterocycles. The van der Waals surface area contributed by atoms with Gasteiger partial charge in [0.2, 0.25) is 0 Å². The van der Waals surface area contributed by atoms with Gasteiger partial charge in [-0.05, 0) is 23.6 Å². The van der Waals surface area contributed by atoms with Crippen LogP contribution < -0.4 is 4.74 Å². The van der Waals surface area contributed by atoms with Crippen molar-refractivity contribution < 1.29 is 9.53 Å². The van der Waals surface area contributed by atoms with Crippen LogP contribution in [0, 0.1) is 0 Å². The molecule has 0 saturated carbocycles. The second-order valence-electron chi connectivity index (χ2n) is 5.10. The average molecular weight is 295 g/mol. The van der Waals surface area contributed by atoms with Gasteiger partial charge in [0.05, 0.1) is 5.92 Å². The quantitative estimate of drug-likeness (QED) is 0.595. The molecule has 0 radical (unpaired) electrons. The Balaban J connectivity index is 2.02. The minimum atomic E-state index is -0.341. The number of carbonyl (C=O) groups excluding carboxylic acids is 1. The lowest BCUT2D eigenvalue weighted by atomic mass is 9.87. The Hall–Kier alpha value is -2.32. The molecule has 1 atom stereocenters. The summed E-state index contributed by atoms with van der Waals surface area (Å²) in [6, 6.07) is 17.4. The molecule has 1 aliphatic rings. The summed E-state index contributed by atoms with van der Waals surface area (Å²) in [7, 11) is 0. The second kappa shape index (κ2) is 4.61. The summed E-state index contributed by atoms with van der Waals surface area (Å²) < 4.78 is 6.06. The first-order valence-electron chi connectivity index (χ1n) is 6.72. The number of rotatable bonds is 1. The highest BCUT2D eigenvalue weighted by Gasteiger charge is 2.28. The number of hydrogen-bond donors (Lipinski definition) is 0. The van der Waals surface area contributed by atoms with Crippen molar-refractivity contribution in [1.82, 2.24) is 0 Å². The van der Waals surface area contributed by atoms with Crippen molar-refractivity contribution >= 4 is 28.7 Å². The molecule has 1 unspecified atom stereocenters. The molecule has 1 aliphatic heterocycles. The summed E-state index contributed by atoms with van der Waals surface area (Å²) in [5, 5.41) is 2.72. The smallest absolute Gasteiger partial charge is 0.139 e. The zero-order valence-electron chi connectivity index (χ0n) is 11.0. The topological polar surface area (TPSA) is 26.3 Å². The summed E-state index contributed by atoms with van der Waals surface area (Å²) in [5.74, 6) is 1.12. The maximum absolute atomic E-state index is 11.6. The van der Waals surface area contributed by atoms with E-state index in [1.165, 1.54) is 0 Å². The molecule has 0 N–H and O–H groups in total. The van der Waals surface area contributed by atoms with Gasteiger partial charge < -0.3 is 9.53 Å². The molecular weight excluding hydrogens is 284 g/mol. The third-order valence-corrected chi connectivity index (χ3v) is 4.14. The highest BCUT2D eigenvalue weighted by molar-refractivity contribution is 6.30. The Morgan fingerprint density at radius 3 is 2.71 bits per heavy atom. The van der Waals surface area contributed by atoms with Crippen molar-refractivity contribution in [2.24, 2.45) is 0 Å². The minimum absolute atomic E-state index is 0.341. The van der Waals surface area contributed by atoms with Gasteiger partial charge in [-0.3, -0.25) is 0 Å².